The average Bonchev–Trinajstić information content (AvgIpc) is 3.53. The second kappa shape index (κ2) is 7.47. The van der Waals surface area contributed by atoms with Gasteiger partial charge in [0.05, 0.1) is 17.4 Å². The number of hydrogen-bond acceptors (Lipinski definition) is 6. The van der Waals surface area contributed by atoms with Crippen molar-refractivity contribution in [3.05, 3.63) is 52.6 Å². The highest BCUT2D eigenvalue weighted by atomic mass is 19.3. The molecule has 0 spiro atoms. The maximum absolute atomic E-state index is 12.5. The van der Waals surface area contributed by atoms with Crippen LogP contribution in [0.4, 0.5) is 20.3 Å². The summed E-state index contributed by atoms with van der Waals surface area (Å²) < 4.78 is 30.7. The molecule has 0 N–H and O–H groups in total. The van der Waals surface area contributed by atoms with Crippen LogP contribution in [-0.4, -0.2) is 27.7 Å². The molecular weight excluding hydrogens is 380 g/mol. The van der Waals surface area contributed by atoms with Crippen LogP contribution in [-0.2, 0) is 7.05 Å². The number of nitriles is 1. The van der Waals surface area contributed by atoms with Crippen LogP contribution in [0.3, 0.4) is 0 Å². The predicted molar refractivity (Wildman–Crippen MR) is 102 cm³/mol. The molecule has 9 heteroatoms. The lowest BCUT2D eigenvalue weighted by atomic mass is 10.2. The van der Waals surface area contributed by atoms with Crippen LogP contribution in [0.5, 0.6) is 5.75 Å². The smallest absolute Gasteiger partial charge is 0.387 e. The molecule has 0 amide bonds. The molecule has 3 heterocycles. The summed E-state index contributed by atoms with van der Waals surface area (Å²) in [6, 6.07) is 9.71. The number of anilines is 2. The van der Waals surface area contributed by atoms with Crippen LogP contribution >= 0.6 is 0 Å². The molecule has 0 atom stereocenters. The van der Waals surface area contributed by atoms with Crippen LogP contribution in [0.25, 0.3) is 11.0 Å². The first kappa shape index (κ1) is 18.8. The Morgan fingerprint density at radius 3 is 2.76 bits per heavy atom. The highest BCUT2D eigenvalue weighted by Gasteiger charge is 2.28. The van der Waals surface area contributed by atoms with Gasteiger partial charge < -0.3 is 14.2 Å². The van der Waals surface area contributed by atoms with Crippen LogP contribution < -0.4 is 15.2 Å². The summed E-state index contributed by atoms with van der Waals surface area (Å²) in [5.74, 6) is 0.873. The second-order valence-electron chi connectivity index (χ2n) is 6.89. The number of hydrogen-bond donors (Lipinski definition) is 0. The van der Waals surface area contributed by atoms with Gasteiger partial charge in [-0.1, -0.05) is 0 Å². The van der Waals surface area contributed by atoms with Crippen molar-refractivity contribution in [3.8, 4) is 11.8 Å². The lowest BCUT2D eigenvalue weighted by Gasteiger charge is -2.25. The maximum Gasteiger partial charge on any atom is 0.387 e. The van der Waals surface area contributed by atoms with Gasteiger partial charge in [0.25, 0.3) is 5.56 Å². The van der Waals surface area contributed by atoms with Gasteiger partial charge in [-0.05, 0) is 43.0 Å². The lowest BCUT2D eigenvalue weighted by Crippen LogP contribution is -2.25. The van der Waals surface area contributed by atoms with Crippen molar-refractivity contribution in [2.24, 2.45) is 13.0 Å². The number of rotatable bonds is 6. The van der Waals surface area contributed by atoms with Crippen molar-refractivity contribution in [1.82, 2.24) is 14.5 Å². The van der Waals surface area contributed by atoms with E-state index in [1.54, 1.807) is 25.2 Å². The van der Waals surface area contributed by atoms with E-state index >= 15 is 0 Å². The third kappa shape index (κ3) is 3.87. The van der Waals surface area contributed by atoms with Crippen molar-refractivity contribution < 1.29 is 13.5 Å². The zero-order valence-electron chi connectivity index (χ0n) is 15.5. The molecule has 0 bridgehead atoms. The van der Waals surface area contributed by atoms with E-state index in [0.717, 1.165) is 12.8 Å². The number of nitrogens with zero attached hydrogens (tertiary/aromatic N) is 5. The Labute approximate surface area is 164 Å². The minimum absolute atomic E-state index is 0.0474. The summed E-state index contributed by atoms with van der Waals surface area (Å²) in [5.41, 5.74) is 1.63. The minimum Gasteiger partial charge on any atom is -0.433 e. The fourth-order valence-electron chi connectivity index (χ4n) is 3.16. The quantitative estimate of drug-likeness (QED) is 0.634. The molecular formula is C20H17F2N5O2. The highest BCUT2D eigenvalue weighted by Crippen LogP contribution is 2.36. The van der Waals surface area contributed by atoms with Gasteiger partial charge >= 0.3 is 6.61 Å². The van der Waals surface area contributed by atoms with Gasteiger partial charge in [-0.3, -0.25) is 4.79 Å². The van der Waals surface area contributed by atoms with Crippen molar-refractivity contribution in [2.45, 2.75) is 19.5 Å². The van der Waals surface area contributed by atoms with Gasteiger partial charge in [0, 0.05) is 19.7 Å². The average molecular weight is 397 g/mol. The van der Waals surface area contributed by atoms with Gasteiger partial charge in [0.2, 0.25) is 0 Å². The first-order valence-corrected chi connectivity index (χ1v) is 9.05. The number of ether oxygens (including phenoxy) is 1. The SMILES string of the molecule is Cn1c(=O)cc(N(CC2CC2)c2ccc(OC(F)F)cn2)c2nc(C#N)ccc21. The van der Waals surface area contributed by atoms with E-state index in [1.807, 2.05) is 11.0 Å². The third-order valence-corrected chi connectivity index (χ3v) is 4.83. The highest BCUT2D eigenvalue weighted by molar-refractivity contribution is 5.90. The van der Waals surface area contributed by atoms with Crippen LogP contribution in [0.15, 0.2) is 41.3 Å². The van der Waals surface area contributed by atoms with E-state index in [9.17, 15) is 18.8 Å². The molecule has 4 rings (SSSR count). The molecule has 0 aromatic carbocycles. The third-order valence-electron chi connectivity index (χ3n) is 4.83. The Morgan fingerprint density at radius 1 is 1.34 bits per heavy atom. The molecule has 29 heavy (non-hydrogen) atoms. The standard InChI is InChI=1S/C20H17F2N5O2/c1-26-15-6-4-13(9-23)25-19(15)16(8-18(26)28)27(11-12-2-3-12)17-7-5-14(10-24-17)29-20(21)22/h4-8,10,12,20H,2-3,11H2,1H3. The molecule has 3 aromatic heterocycles. The largest absolute Gasteiger partial charge is 0.433 e. The Hall–Kier alpha value is -3.54. The van der Waals surface area contributed by atoms with Gasteiger partial charge in [0.1, 0.15) is 28.8 Å². The summed E-state index contributed by atoms with van der Waals surface area (Å²) in [7, 11) is 1.64. The van der Waals surface area contributed by atoms with Gasteiger partial charge in [0.15, 0.2) is 0 Å². The molecule has 0 saturated heterocycles. The molecule has 3 aromatic rings. The number of alkyl halides is 2. The van der Waals surface area contributed by atoms with Crippen molar-refractivity contribution in [1.29, 1.82) is 5.26 Å². The Balaban J connectivity index is 1.85. The van der Waals surface area contributed by atoms with E-state index in [2.05, 4.69) is 14.7 Å². The Morgan fingerprint density at radius 2 is 2.14 bits per heavy atom. The number of halogens is 2. The van der Waals surface area contributed by atoms with E-state index in [-0.39, 0.29) is 17.0 Å². The molecule has 0 aliphatic heterocycles. The second-order valence-corrected chi connectivity index (χ2v) is 6.89. The van der Waals surface area contributed by atoms with E-state index in [1.165, 1.54) is 22.9 Å². The van der Waals surface area contributed by atoms with Crippen LogP contribution in [0, 0.1) is 17.2 Å². The monoisotopic (exact) mass is 397 g/mol. The van der Waals surface area contributed by atoms with E-state index in [4.69, 9.17) is 0 Å². The number of aryl methyl sites for hydroxylation is 1. The first-order chi connectivity index (χ1) is 14.0. The first-order valence-electron chi connectivity index (χ1n) is 9.05. The zero-order chi connectivity index (χ0) is 20.5. The van der Waals surface area contributed by atoms with E-state index in [0.29, 0.717) is 35.0 Å². The molecule has 1 fully saturated rings. The fraction of sp³-hybridized carbons (Fsp3) is 0.300. The van der Waals surface area contributed by atoms with Crippen molar-refractivity contribution >= 4 is 22.5 Å². The molecule has 7 nitrogen and oxygen atoms in total. The van der Waals surface area contributed by atoms with Gasteiger partial charge in [-0.25, -0.2) is 9.97 Å². The van der Waals surface area contributed by atoms with Crippen molar-refractivity contribution in [3.63, 3.8) is 0 Å². The molecule has 0 radical (unpaired) electrons. The topological polar surface area (TPSA) is 84.0 Å². The van der Waals surface area contributed by atoms with Crippen LogP contribution in [0.1, 0.15) is 18.5 Å². The molecule has 1 saturated carbocycles. The van der Waals surface area contributed by atoms with E-state index < -0.39 is 6.61 Å². The Bertz CT molecular complexity index is 1150. The zero-order valence-corrected chi connectivity index (χ0v) is 15.5. The summed E-state index contributed by atoms with van der Waals surface area (Å²) >= 11 is 0. The number of pyridine rings is 3. The van der Waals surface area contributed by atoms with Gasteiger partial charge in [-0.15, -0.1) is 0 Å². The summed E-state index contributed by atoms with van der Waals surface area (Å²) in [6.45, 7) is -2.33. The normalized spacial score (nSPS) is 13.5. The lowest BCUT2D eigenvalue weighted by molar-refractivity contribution is -0.0500. The Kier molecular flexibility index (Phi) is 4.84. The molecule has 0 unspecified atom stereocenters. The molecule has 1 aliphatic carbocycles. The number of aromatic nitrogens is 3. The van der Waals surface area contributed by atoms with Gasteiger partial charge in [-0.2, -0.15) is 14.0 Å². The molecule has 1 aliphatic rings. The fourth-order valence-corrected chi connectivity index (χ4v) is 3.16. The summed E-state index contributed by atoms with van der Waals surface area (Å²) in [5, 5.41) is 9.24. The molecule has 148 valence electrons. The summed E-state index contributed by atoms with van der Waals surface area (Å²) in [6.07, 6.45) is 3.34. The maximum atomic E-state index is 12.5. The summed E-state index contributed by atoms with van der Waals surface area (Å²) in [4.78, 5) is 23.1. The predicted octanol–water partition coefficient (Wildman–Crippen LogP) is 3.35. The minimum atomic E-state index is -2.93. The van der Waals surface area contributed by atoms with Crippen molar-refractivity contribution in [2.75, 3.05) is 11.4 Å². The van der Waals surface area contributed by atoms with Crippen LogP contribution in [0.2, 0.25) is 0 Å². The number of fused-ring (bicyclic) bond motifs is 1.